The lowest BCUT2D eigenvalue weighted by molar-refractivity contribution is 0.0564. The Morgan fingerprint density at radius 3 is 2.53 bits per heavy atom. The molecule has 0 atom stereocenters. The van der Waals surface area contributed by atoms with E-state index in [1.54, 1.807) is 0 Å². The number of carbonyl (C=O) groups excluding carboxylic acids is 1. The molecule has 0 bridgehead atoms. The van der Waals surface area contributed by atoms with E-state index in [0.29, 0.717) is 10.7 Å². The van der Waals surface area contributed by atoms with Gasteiger partial charge in [-0.15, -0.1) is 8.07 Å². The molecule has 17 heavy (non-hydrogen) atoms. The second kappa shape index (κ2) is 5.69. The number of aromatic nitrogens is 1. The first-order chi connectivity index (χ1) is 7.70. The summed E-state index contributed by atoms with van der Waals surface area (Å²) in [6, 6.07) is 1.51. The van der Waals surface area contributed by atoms with Gasteiger partial charge in [0.2, 0.25) is 0 Å². The minimum atomic E-state index is -1.45. The number of pyridine rings is 1. The number of carbonyl (C=O) groups is 1. The van der Waals surface area contributed by atoms with Gasteiger partial charge in [-0.2, -0.15) is 19.6 Å². The molecule has 7 heteroatoms. The van der Waals surface area contributed by atoms with Gasteiger partial charge in [0.25, 0.3) is 0 Å². The molecular weight excluding hydrogens is 345 g/mol. The number of ether oxygens (including phenoxy) is 1. The minimum absolute atomic E-state index is 0.0463. The lowest BCUT2D eigenvalue weighted by Gasteiger charge is -2.26. The average Bonchev–Trinajstić information content (AvgIpc) is 2.11. The van der Waals surface area contributed by atoms with Gasteiger partial charge < -0.3 is 4.74 Å². The van der Waals surface area contributed by atoms with E-state index in [1.165, 1.54) is 6.07 Å². The van der Waals surface area contributed by atoms with Crippen molar-refractivity contribution in [3.8, 4) is 0 Å². The van der Waals surface area contributed by atoms with Gasteiger partial charge in [0.05, 0.1) is 0 Å². The summed E-state index contributed by atoms with van der Waals surface area (Å²) in [6.07, 6.45) is 0.442. The van der Waals surface area contributed by atoms with Gasteiger partial charge >= 0.3 is 5.97 Å². The third-order valence-corrected chi connectivity index (χ3v) is 3.84. The predicted molar refractivity (Wildman–Crippen MR) is 75.6 cm³/mol. The topological polar surface area (TPSA) is 39.2 Å². The highest BCUT2D eigenvalue weighted by molar-refractivity contribution is 9.10. The van der Waals surface area contributed by atoms with E-state index >= 15 is 0 Å². The molecule has 0 N–H and O–H groups in total. The first kappa shape index (κ1) is 15.0. The molecule has 1 heterocycles. The Balaban J connectivity index is 2.90. The summed E-state index contributed by atoms with van der Waals surface area (Å²) in [7, 11) is -1.45. The van der Waals surface area contributed by atoms with Gasteiger partial charge in [-0.1, -0.05) is 23.2 Å². The number of hydrogen-bond donors (Lipinski definition) is 0. The molecule has 0 aliphatic rings. The number of hydrogen-bond acceptors (Lipinski definition) is 3. The summed E-state index contributed by atoms with van der Waals surface area (Å²) < 4.78 is 5.71. The highest BCUT2D eigenvalue weighted by Gasteiger charge is 2.18. The Morgan fingerprint density at radius 2 is 2.06 bits per heavy atom. The SMILES string of the molecule is C[Si-](C)(C)COC(=O)c1c(Br)cc(Cl)nc1Cl. The summed E-state index contributed by atoms with van der Waals surface area (Å²) in [5, 5.41) is 0.272. The zero-order chi connectivity index (χ0) is 13.2. The van der Waals surface area contributed by atoms with Gasteiger partial charge in [0, 0.05) is 4.47 Å². The number of esters is 1. The third-order valence-electron chi connectivity index (χ3n) is 1.74. The van der Waals surface area contributed by atoms with Crippen molar-refractivity contribution >= 4 is 53.2 Å². The van der Waals surface area contributed by atoms with Crippen LogP contribution in [0.3, 0.4) is 0 Å². The molecular formula is C10H12BrCl2NO2Si-. The van der Waals surface area contributed by atoms with E-state index in [2.05, 4.69) is 40.6 Å². The Kier molecular flexibility index (Phi) is 5.01. The van der Waals surface area contributed by atoms with E-state index in [9.17, 15) is 4.79 Å². The second-order valence-corrected chi connectivity index (χ2v) is 11.7. The van der Waals surface area contributed by atoms with Gasteiger partial charge in [0.1, 0.15) is 15.9 Å². The van der Waals surface area contributed by atoms with Crippen LogP contribution in [0.5, 0.6) is 0 Å². The van der Waals surface area contributed by atoms with Crippen LogP contribution in [0.2, 0.25) is 29.9 Å². The van der Waals surface area contributed by atoms with Crippen LogP contribution in [0.1, 0.15) is 10.4 Å². The molecule has 95 valence electrons. The molecule has 0 saturated heterocycles. The maximum absolute atomic E-state index is 11.8. The molecule has 0 aromatic carbocycles. The second-order valence-electron chi connectivity index (χ2n) is 4.73. The van der Waals surface area contributed by atoms with Crippen LogP contribution >= 0.6 is 39.1 Å². The van der Waals surface area contributed by atoms with Crippen LogP contribution in [-0.2, 0) is 4.74 Å². The van der Waals surface area contributed by atoms with Gasteiger partial charge in [-0.25, -0.2) is 9.78 Å². The van der Waals surface area contributed by atoms with Crippen molar-refractivity contribution in [2.24, 2.45) is 0 Å². The van der Waals surface area contributed by atoms with E-state index < -0.39 is 14.0 Å². The molecule has 0 aliphatic carbocycles. The summed E-state index contributed by atoms with van der Waals surface area (Å²) >= 11 is 14.8. The molecule has 0 aliphatic heterocycles. The number of rotatable bonds is 3. The van der Waals surface area contributed by atoms with Crippen LogP contribution in [-0.4, -0.2) is 25.3 Å². The maximum atomic E-state index is 11.8. The Bertz CT molecular complexity index is 425. The highest BCUT2D eigenvalue weighted by atomic mass is 79.9. The van der Waals surface area contributed by atoms with Crippen molar-refractivity contribution in [2.45, 2.75) is 19.6 Å². The van der Waals surface area contributed by atoms with Crippen molar-refractivity contribution in [2.75, 3.05) is 6.23 Å². The molecule has 1 rings (SSSR count). The normalized spacial score (nSPS) is 11.4. The zero-order valence-electron chi connectivity index (χ0n) is 9.68. The maximum Gasteiger partial charge on any atom is 0.339 e. The van der Waals surface area contributed by atoms with Crippen molar-refractivity contribution in [3.63, 3.8) is 0 Å². The minimum Gasteiger partial charge on any atom is -0.497 e. The van der Waals surface area contributed by atoms with Crippen LogP contribution in [0.15, 0.2) is 10.5 Å². The first-order valence-electron chi connectivity index (χ1n) is 4.89. The smallest absolute Gasteiger partial charge is 0.339 e. The number of nitrogens with zero attached hydrogens (tertiary/aromatic N) is 1. The standard InChI is InChI=1S/C10H12BrCl2NO2Si/c1-17(2,3)5-16-10(15)8-6(11)4-7(12)14-9(8)13/h4H,5H2,1-3H3/q-1. The Labute approximate surface area is 120 Å². The monoisotopic (exact) mass is 355 g/mol. The molecule has 3 nitrogen and oxygen atoms in total. The van der Waals surface area contributed by atoms with Gasteiger partial charge in [-0.3, -0.25) is 0 Å². The van der Waals surface area contributed by atoms with Gasteiger partial charge in [0.15, 0.2) is 0 Å². The first-order valence-corrected chi connectivity index (χ1v) is 10.1. The zero-order valence-corrected chi connectivity index (χ0v) is 13.8. The fourth-order valence-electron chi connectivity index (χ4n) is 0.993. The van der Waals surface area contributed by atoms with Crippen LogP contribution in [0.4, 0.5) is 0 Å². The van der Waals surface area contributed by atoms with E-state index in [1.807, 2.05) is 0 Å². The van der Waals surface area contributed by atoms with Crippen molar-refractivity contribution < 1.29 is 9.53 Å². The van der Waals surface area contributed by atoms with Crippen LogP contribution in [0.25, 0.3) is 0 Å². The largest absolute Gasteiger partial charge is 0.497 e. The lowest BCUT2D eigenvalue weighted by atomic mass is 10.3. The molecule has 0 amide bonds. The van der Waals surface area contributed by atoms with E-state index in [4.69, 9.17) is 27.9 Å². The summed E-state index contributed by atoms with van der Waals surface area (Å²) in [5.74, 6) is -0.478. The fourth-order valence-corrected chi connectivity index (χ4v) is 2.88. The summed E-state index contributed by atoms with van der Waals surface area (Å²) in [6.45, 7) is 6.32. The molecule has 0 unspecified atom stereocenters. The molecule has 1 aromatic heterocycles. The highest BCUT2D eigenvalue weighted by Crippen LogP contribution is 2.27. The lowest BCUT2D eigenvalue weighted by Crippen LogP contribution is -2.30. The Morgan fingerprint density at radius 1 is 1.47 bits per heavy atom. The summed E-state index contributed by atoms with van der Waals surface area (Å²) in [4.78, 5) is 15.7. The van der Waals surface area contributed by atoms with E-state index in [-0.39, 0.29) is 15.9 Å². The average molecular weight is 357 g/mol. The predicted octanol–water partition coefficient (Wildman–Crippen LogP) is 4.19. The Hall–Kier alpha value is -0.103. The van der Waals surface area contributed by atoms with Gasteiger partial charge in [-0.05, 0) is 28.2 Å². The third kappa shape index (κ3) is 4.58. The van der Waals surface area contributed by atoms with Crippen LogP contribution < -0.4 is 0 Å². The number of halogens is 3. The van der Waals surface area contributed by atoms with E-state index in [0.717, 1.165) is 0 Å². The van der Waals surface area contributed by atoms with Crippen molar-refractivity contribution in [1.29, 1.82) is 0 Å². The molecule has 0 saturated carbocycles. The quantitative estimate of drug-likeness (QED) is 0.463. The van der Waals surface area contributed by atoms with Crippen molar-refractivity contribution in [1.82, 2.24) is 4.98 Å². The van der Waals surface area contributed by atoms with Crippen molar-refractivity contribution in [3.05, 3.63) is 26.4 Å². The summed E-state index contributed by atoms with van der Waals surface area (Å²) in [5.41, 5.74) is 0.217. The molecule has 0 radical (unpaired) electrons. The van der Waals surface area contributed by atoms with Crippen LogP contribution in [0, 0.1) is 0 Å². The molecule has 1 aromatic rings. The fraction of sp³-hybridized carbons (Fsp3) is 0.400. The molecule has 0 spiro atoms. The molecule has 0 fully saturated rings.